The average Bonchev–Trinajstić information content (AvgIpc) is 3.43. The smallest absolute Gasteiger partial charge is 0.226 e. The Balaban J connectivity index is 1.26. The zero-order valence-electron chi connectivity index (χ0n) is 19.5. The van der Waals surface area contributed by atoms with Gasteiger partial charge in [-0.25, -0.2) is 9.97 Å². The second-order valence-corrected chi connectivity index (χ2v) is 9.37. The number of benzene rings is 1. The Bertz CT molecular complexity index is 1030. The van der Waals surface area contributed by atoms with Gasteiger partial charge in [-0.3, -0.25) is 0 Å². The Morgan fingerprint density at radius 1 is 0.906 bits per heavy atom. The lowest BCUT2D eigenvalue weighted by molar-refractivity contribution is 0.0927. The molecule has 0 N–H and O–H groups in total. The molecule has 0 radical (unpaired) electrons. The van der Waals surface area contributed by atoms with Crippen LogP contribution in [0.5, 0.6) is 5.88 Å². The fraction of sp³-hybridized carbons (Fsp3) is 0.538. The number of ether oxygens (including phenoxy) is 1. The predicted octanol–water partition coefficient (Wildman–Crippen LogP) is 4.04. The number of nitrogens with zero attached hydrogens (tertiary/aromatic N) is 5. The average molecular weight is 434 g/mol. The normalized spacial score (nSPS) is 18.6. The number of rotatable bonds is 7. The molecule has 0 amide bonds. The van der Waals surface area contributed by atoms with Crippen LogP contribution in [0.1, 0.15) is 42.5 Å². The summed E-state index contributed by atoms with van der Waals surface area (Å²) in [6.45, 7) is 12.3. The third kappa shape index (κ3) is 4.52. The van der Waals surface area contributed by atoms with Crippen molar-refractivity contribution in [2.45, 2.75) is 52.2 Å². The number of hydrogen-bond donors (Lipinski definition) is 0. The largest absolute Gasteiger partial charge is 0.474 e. The standard InChI is InChI=1S/C26H35N5O/c1-20-21(2)31(18-22-8-4-3-5-9-22)25-24(20)26(28-19-27-25)32-23-10-14-30(15-11-23)17-16-29-12-6-7-13-29/h3-5,8-9,19,23H,6-7,10-18H2,1-2H3. The molecule has 6 nitrogen and oxygen atoms in total. The lowest BCUT2D eigenvalue weighted by atomic mass is 10.1. The van der Waals surface area contributed by atoms with Crippen LogP contribution in [0.15, 0.2) is 36.7 Å². The minimum Gasteiger partial charge on any atom is -0.474 e. The Labute approximate surface area is 191 Å². The first-order chi connectivity index (χ1) is 15.7. The summed E-state index contributed by atoms with van der Waals surface area (Å²) >= 11 is 0. The van der Waals surface area contributed by atoms with Crippen molar-refractivity contribution in [1.82, 2.24) is 24.3 Å². The van der Waals surface area contributed by atoms with Gasteiger partial charge in [-0.05, 0) is 63.7 Å². The summed E-state index contributed by atoms with van der Waals surface area (Å²) in [5.74, 6) is 0.748. The maximum atomic E-state index is 6.49. The SMILES string of the molecule is Cc1c(C)n(Cc2ccccc2)c2ncnc(OC3CCN(CCN4CCCC4)CC3)c12. The number of fused-ring (bicyclic) bond motifs is 1. The molecule has 3 aromatic rings. The highest BCUT2D eigenvalue weighted by atomic mass is 16.5. The summed E-state index contributed by atoms with van der Waals surface area (Å²) in [5.41, 5.74) is 4.69. The molecule has 2 fully saturated rings. The second kappa shape index (κ2) is 9.59. The molecule has 4 heterocycles. The monoisotopic (exact) mass is 433 g/mol. The molecule has 0 aliphatic carbocycles. The first-order valence-corrected chi connectivity index (χ1v) is 12.1. The van der Waals surface area contributed by atoms with Gasteiger partial charge in [-0.1, -0.05) is 30.3 Å². The Morgan fingerprint density at radius 3 is 2.31 bits per heavy atom. The molecular formula is C26H35N5O. The summed E-state index contributed by atoms with van der Waals surface area (Å²) in [6, 6.07) is 10.6. The maximum Gasteiger partial charge on any atom is 0.226 e. The Hall–Kier alpha value is -2.44. The molecule has 0 saturated carbocycles. The highest BCUT2D eigenvalue weighted by Gasteiger charge is 2.24. The van der Waals surface area contributed by atoms with E-state index in [0.29, 0.717) is 0 Å². The molecule has 32 heavy (non-hydrogen) atoms. The Kier molecular flexibility index (Phi) is 6.42. The van der Waals surface area contributed by atoms with Gasteiger partial charge < -0.3 is 19.1 Å². The molecule has 2 saturated heterocycles. The van der Waals surface area contributed by atoms with E-state index in [9.17, 15) is 0 Å². The van der Waals surface area contributed by atoms with Crippen LogP contribution in [0.4, 0.5) is 0 Å². The number of aromatic nitrogens is 3. The van der Waals surface area contributed by atoms with E-state index in [2.05, 4.69) is 68.5 Å². The first kappa shape index (κ1) is 21.4. The van der Waals surface area contributed by atoms with Crippen molar-refractivity contribution in [3.05, 3.63) is 53.5 Å². The number of piperidine rings is 1. The van der Waals surface area contributed by atoms with Crippen molar-refractivity contribution in [3.63, 3.8) is 0 Å². The minimum absolute atomic E-state index is 0.230. The van der Waals surface area contributed by atoms with E-state index in [1.165, 1.54) is 55.8 Å². The van der Waals surface area contributed by atoms with E-state index < -0.39 is 0 Å². The second-order valence-electron chi connectivity index (χ2n) is 9.37. The lowest BCUT2D eigenvalue weighted by Gasteiger charge is -2.32. The fourth-order valence-corrected chi connectivity index (χ4v) is 5.18. The zero-order valence-corrected chi connectivity index (χ0v) is 19.5. The fourth-order valence-electron chi connectivity index (χ4n) is 5.18. The van der Waals surface area contributed by atoms with Crippen molar-refractivity contribution in [2.24, 2.45) is 0 Å². The molecule has 2 aromatic heterocycles. The van der Waals surface area contributed by atoms with Crippen LogP contribution >= 0.6 is 0 Å². The van der Waals surface area contributed by atoms with Gasteiger partial charge >= 0.3 is 0 Å². The first-order valence-electron chi connectivity index (χ1n) is 12.1. The summed E-state index contributed by atoms with van der Waals surface area (Å²) in [6.07, 6.45) is 6.75. The van der Waals surface area contributed by atoms with Crippen molar-refractivity contribution in [1.29, 1.82) is 0 Å². The molecule has 0 bridgehead atoms. The molecule has 0 unspecified atom stereocenters. The minimum atomic E-state index is 0.230. The summed E-state index contributed by atoms with van der Waals surface area (Å²) in [5, 5.41) is 1.07. The maximum absolute atomic E-state index is 6.49. The zero-order chi connectivity index (χ0) is 21.9. The van der Waals surface area contributed by atoms with E-state index in [4.69, 9.17) is 4.74 Å². The third-order valence-corrected chi connectivity index (χ3v) is 7.30. The predicted molar refractivity (Wildman–Crippen MR) is 128 cm³/mol. The highest BCUT2D eigenvalue weighted by Crippen LogP contribution is 2.32. The van der Waals surface area contributed by atoms with Crippen LogP contribution in [0.3, 0.4) is 0 Å². The molecule has 170 valence electrons. The van der Waals surface area contributed by atoms with Crippen LogP contribution in [0, 0.1) is 13.8 Å². The van der Waals surface area contributed by atoms with Gasteiger partial charge in [-0.15, -0.1) is 0 Å². The van der Waals surface area contributed by atoms with E-state index >= 15 is 0 Å². The molecule has 1 aromatic carbocycles. The van der Waals surface area contributed by atoms with Crippen LogP contribution in [-0.4, -0.2) is 69.7 Å². The van der Waals surface area contributed by atoms with Crippen LogP contribution in [0.2, 0.25) is 0 Å². The Morgan fingerprint density at radius 2 is 1.59 bits per heavy atom. The van der Waals surface area contributed by atoms with Crippen molar-refractivity contribution < 1.29 is 4.74 Å². The van der Waals surface area contributed by atoms with Gasteiger partial charge in [0.2, 0.25) is 5.88 Å². The molecular weight excluding hydrogens is 398 g/mol. The van der Waals surface area contributed by atoms with E-state index in [1.807, 2.05) is 0 Å². The summed E-state index contributed by atoms with van der Waals surface area (Å²) in [7, 11) is 0. The topological polar surface area (TPSA) is 46.4 Å². The van der Waals surface area contributed by atoms with Crippen LogP contribution < -0.4 is 4.74 Å². The summed E-state index contributed by atoms with van der Waals surface area (Å²) in [4.78, 5) is 14.4. The van der Waals surface area contributed by atoms with Gasteiger partial charge in [0.25, 0.3) is 0 Å². The lowest BCUT2D eigenvalue weighted by Crippen LogP contribution is -2.41. The van der Waals surface area contributed by atoms with Gasteiger partial charge in [0.1, 0.15) is 18.1 Å². The van der Waals surface area contributed by atoms with Crippen LogP contribution in [-0.2, 0) is 6.54 Å². The quantitative estimate of drug-likeness (QED) is 0.563. The van der Waals surface area contributed by atoms with Crippen molar-refractivity contribution >= 4 is 11.0 Å². The number of likely N-dealkylation sites (tertiary alicyclic amines) is 2. The molecule has 0 atom stereocenters. The van der Waals surface area contributed by atoms with E-state index in [0.717, 1.165) is 49.4 Å². The van der Waals surface area contributed by atoms with Crippen molar-refractivity contribution in [2.75, 3.05) is 39.3 Å². The van der Waals surface area contributed by atoms with E-state index in [-0.39, 0.29) is 6.10 Å². The van der Waals surface area contributed by atoms with Gasteiger partial charge in [0.05, 0.1) is 5.39 Å². The molecule has 6 heteroatoms. The van der Waals surface area contributed by atoms with Gasteiger partial charge in [0.15, 0.2) is 0 Å². The molecule has 5 rings (SSSR count). The number of aryl methyl sites for hydroxylation is 1. The number of hydrogen-bond acceptors (Lipinski definition) is 5. The molecule has 2 aliphatic rings. The molecule has 2 aliphatic heterocycles. The van der Waals surface area contributed by atoms with E-state index in [1.54, 1.807) is 6.33 Å². The van der Waals surface area contributed by atoms with Crippen molar-refractivity contribution in [3.8, 4) is 5.88 Å². The molecule has 0 spiro atoms. The summed E-state index contributed by atoms with van der Waals surface area (Å²) < 4.78 is 8.78. The van der Waals surface area contributed by atoms with Crippen LogP contribution in [0.25, 0.3) is 11.0 Å². The van der Waals surface area contributed by atoms with Gasteiger partial charge in [-0.2, -0.15) is 0 Å². The highest BCUT2D eigenvalue weighted by molar-refractivity contribution is 5.86. The third-order valence-electron chi connectivity index (χ3n) is 7.30. The van der Waals surface area contributed by atoms with Gasteiger partial charge in [0, 0.05) is 38.4 Å².